The minimum absolute atomic E-state index is 0.00757. The summed E-state index contributed by atoms with van der Waals surface area (Å²) >= 11 is 0. The predicted molar refractivity (Wildman–Crippen MR) is 281 cm³/mol. The second-order valence-electron chi connectivity index (χ2n) is 18.7. The largest absolute Gasteiger partial charge is 0.493 e. The van der Waals surface area contributed by atoms with Crippen LogP contribution in [0.2, 0.25) is 0 Å². The van der Waals surface area contributed by atoms with Gasteiger partial charge in [-0.2, -0.15) is 0 Å². The number of aliphatic imine (C=N–C) groups is 2. The van der Waals surface area contributed by atoms with Crippen molar-refractivity contribution in [2.45, 2.75) is 63.8 Å². The third-order valence-electron chi connectivity index (χ3n) is 13.8. The van der Waals surface area contributed by atoms with E-state index in [1.807, 2.05) is 66.7 Å². The third-order valence-corrected chi connectivity index (χ3v) is 13.8. The van der Waals surface area contributed by atoms with Gasteiger partial charge in [-0.3, -0.25) is 39.0 Å². The number of amides is 4. The summed E-state index contributed by atoms with van der Waals surface area (Å²) in [5.74, 6) is -0.737. The second-order valence-corrected chi connectivity index (χ2v) is 18.7. The molecule has 0 aliphatic carbocycles. The van der Waals surface area contributed by atoms with Crippen molar-refractivity contribution in [1.29, 1.82) is 0 Å². The summed E-state index contributed by atoms with van der Waals surface area (Å²) in [5.41, 5.74) is 7.76. The van der Waals surface area contributed by atoms with Gasteiger partial charge < -0.3 is 42.9 Å². The van der Waals surface area contributed by atoms with Gasteiger partial charge in [0.25, 0.3) is 23.6 Å². The number of carbonyl (C=O) groups excluding carboxylic acids is 5. The Morgan fingerprint density at radius 1 is 0.605 bits per heavy atom. The summed E-state index contributed by atoms with van der Waals surface area (Å²) in [4.78, 5) is 86.1. The van der Waals surface area contributed by atoms with Crippen LogP contribution in [0.3, 0.4) is 0 Å². The quantitative estimate of drug-likeness (QED) is 0.0466. The van der Waals surface area contributed by atoms with Crippen LogP contribution in [0.25, 0.3) is 0 Å². The van der Waals surface area contributed by atoms with E-state index < -0.39 is 17.8 Å². The monoisotopic (exact) mass is 1030 g/mol. The van der Waals surface area contributed by atoms with Crippen molar-refractivity contribution in [2.24, 2.45) is 9.98 Å². The molecule has 5 aliphatic rings. The fourth-order valence-electron chi connectivity index (χ4n) is 10.0. The molecule has 0 unspecified atom stereocenters. The van der Waals surface area contributed by atoms with Crippen LogP contribution < -0.4 is 33.6 Å². The number of anilines is 3. The smallest absolute Gasteiger partial charge is 0.333 e. The molecule has 2 atom stereocenters. The van der Waals surface area contributed by atoms with Crippen LogP contribution in [-0.2, 0) is 59.5 Å². The number of fused-ring (bicyclic) bond motifs is 8. The number of ether oxygens (including phenoxy) is 7. The van der Waals surface area contributed by atoms with Gasteiger partial charge in [-0.1, -0.05) is 36.4 Å². The Morgan fingerprint density at radius 3 is 1.64 bits per heavy atom. The lowest BCUT2D eigenvalue weighted by atomic mass is 10.1. The molecule has 19 heteroatoms. The molecule has 5 aromatic rings. The van der Waals surface area contributed by atoms with Crippen LogP contribution in [0, 0.1) is 0 Å². The van der Waals surface area contributed by atoms with E-state index in [0.717, 1.165) is 39.3 Å². The van der Waals surface area contributed by atoms with Crippen LogP contribution in [0.1, 0.15) is 68.7 Å². The molecule has 394 valence electrons. The van der Waals surface area contributed by atoms with Crippen molar-refractivity contribution in [3.05, 3.63) is 124 Å². The minimum Gasteiger partial charge on any atom is -0.493 e. The van der Waals surface area contributed by atoms with E-state index in [-0.39, 0.29) is 56.4 Å². The fourth-order valence-corrected chi connectivity index (χ4v) is 10.0. The van der Waals surface area contributed by atoms with Crippen LogP contribution >= 0.6 is 0 Å². The molecule has 0 saturated carbocycles. The molecule has 4 amide bonds. The van der Waals surface area contributed by atoms with Gasteiger partial charge in [0.2, 0.25) is 0 Å². The molecule has 0 bridgehead atoms. The van der Waals surface area contributed by atoms with E-state index >= 15 is 0 Å². The summed E-state index contributed by atoms with van der Waals surface area (Å²) in [6.07, 6.45) is 5.12. The first-order valence-electron chi connectivity index (χ1n) is 25.3. The molecular weight excluding hydrogens is 977 g/mol. The Kier molecular flexibility index (Phi) is 15.7. The second kappa shape index (κ2) is 23.2. The highest BCUT2D eigenvalue weighted by Gasteiger charge is 2.38. The minimum atomic E-state index is -0.707. The van der Waals surface area contributed by atoms with Crippen molar-refractivity contribution in [3.8, 4) is 23.0 Å². The number of benzene rings is 5. The topological polar surface area (TPSA) is 197 Å². The number of methoxy groups -OCH3 is 3. The normalized spacial score (nSPS) is 16.9. The molecule has 1 saturated heterocycles. The molecule has 5 heterocycles. The molecule has 76 heavy (non-hydrogen) atoms. The lowest BCUT2D eigenvalue weighted by Gasteiger charge is -2.26. The van der Waals surface area contributed by atoms with E-state index in [1.54, 1.807) is 53.6 Å². The van der Waals surface area contributed by atoms with Gasteiger partial charge in [0.05, 0.1) is 81.8 Å². The summed E-state index contributed by atoms with van der Waals surface area (Å²) < 4.78 is 41.5. The Hall–Kier alpha value is -8.13. The summed E-state index contributed by atoms with van der Waals surface area (Å²) in [6.45, 7) is 2.72. The van der Waals surface area contributed by atoms with Gasteiger partial charge in [-0.15, -0.1) is 5.06 Å². The number of hydrogen-bond acceptors (Lipinski definition) is 16. The zero-order valence-electron chi connectivity index (χ0n) is 42.6. The SMILES string of the molecule is COCCOCCOCCN(CCCC(=O)ON1C(=O)CCC1=O)c1cc(COc2cc3c(cc2OC)C(=O)N2c4ccccc4C[C@H]2C=N3)cc(COc2cc3c(cc2OC)C(=O)N2c4ccccc4C[C@H]2C=N3)c1. The average Bonchev–Trinajstić information content (AvgIpc) is 4.05. The zero-order chi connectivity index (χ0) is 52.7. The lowest BCUT2D eigenvalue weighted by molar-refractivity contribution is -0.197. The first kappa shape index (κ1) is 51.4. The number of rotatable bonds is 23. The van der Waals surface area contributed by atoms with Gasteiger partial charge in [0.1, 0.15) is 13.2 Å². The maximum absolute atomic E-state index is 14.2. The number of para-hydroxylation sites is 2. The third kappa shape index (κ3) is 11.0. The first-order chi connectivity index (χ1) is 37.1. The van der Waals surface area contributed by atoms with Crippen molar-refractivity contribution in [2.75, 3.05) is 82.2 Å². The highest BCUT2D eigenvalue weighted by Crippen LogP contribution is 2.43. The van der Waals surface area contributed by atoms with E-state index in [0.29, 0.717) is 116 Å². The van der Waals surface area contributed by atoms with E-state index in [2.05, 4.69) is 4.90 Å². The first-order valence-corrected chi connectivity index (χ1v) is 25.3. The van der Waals surface area contributed by atoms with Gasteiger partial charge in [-0.05, 0) is 71.1 Å². The van der Waals surface area contributed by atoms with Crippen molar-refractivity contribution < 1.29 is 62.0 Å². The average molecular weight is 1040 g/mol. The molecular formula is C57H58N6O13. The summed E-state index contributed by atoms with van der Waals surface area (Å²) in [7, 11) is 4.65. The Morgan fingerprint density at radius 2 is 1.12 bits per heavy atom. The standard InChI is InChI=1S/C57H58N6O13/c1-69-19-20-73-22-21-72-18-17-60(16-8-13-55(66)76-63-53(64)14-15-54(63)65)40-24-36(34-74-51-30-45-43(28-49(51)70-2)56(67)61-41(32-58-45)26-38-9-4-6-11-47(38)61)23-37(25-40)35-75-52-31-46-44(29-50(52)71-3)57(68)62-42(33-59-46)27-39-10-5-7-12-48(39)62/h4-7,9-12,23-25,28-33,41-42H,8,13-22,26-27,34-35H2,1-3H3/t41-,42-/m0/s1. The van der Waals surface area contributed by atoms with Gasteiger partial charge in [-0.25, -0.2) is 4.79 Å². The van der Waals surface area contributed by atoms with Crippen LogP contribution in [-0.4, -0.2) is 127 Å². The maximum atomic E-state index is 14.2. The lowest BCUT2D eigenvalue weighted by Crippen LogP contribution is -2.37. The molecule has 10 rings (SSSR count). The molecule has 0 N–H and O–H groups in total. The van der Waals surface area contributed by atoms with E-state index in [9.17, 15) is 24.0 Å². The highest BCUT2D eigenvalue weighted by atomic mass is 16.7. The molecule has 1 fully saturated rings. The van der Waals surface area contributed by atoms with Crippen LogP contribution in [0.4, 0.5) is 28.4 Å². The molecule has 0 aromatic heterocycles. The van der Waals surface area contributed by atoms with Crippen molar-refractivity contribution in [3.63, 3.8) is 0 Å². The highest BCUT2D eigenvalue weighted by molar-refractivity contribution is 6.16. The Balaban J connectivity index is 0.927. The van der Waals surface area contributed by atoms with Crippen LogP contribution in [0.15, 0.2) is 101 Å². The number of hydrogen-bond donors (Lipinski definition) is 0. The van der Waals surface area contributed by atoms with E-state index in [4.69, 9.17) is 48.0 Å². The Labute approximate surface area is 439 Å². The summed E-state index contributed by atoms with van der Waals surface area (Å²) in [5, 5.41) is 0.551. The molecule has 5 aromatic carbocycles. The predicted octanol–water partition coefficient (Wildman–Crippen LogP) is 7.31. The number of nitrogens with zero attached hydrogens (tertiary/aromatic N) is 6. The summed E-state index contributed by atoms with van der Waals surface area (Å²) in [6, 6.07) is 27.9. The Bertz CT molecular complexity index is 2930. The van der Waals surface area contributed by atoms with Crippen molar-refractivity contribution in [1.82, 2.24) is 5.06 Å². The number of carbonyl (C=O) groups is 5. The van der Waals surface area contributed by atoms with Crippen molar-refractivity contribution >= 4 is 70.5 Å². The number of imide groups is 1. The van der Waals surface area contributed by atoms with Crippen LogP contribution in [0.5, 0.6) is 23.0 Å². The maximum Gasteiger partial charge on any atom is 0.333 e. The van der Waals surface area contributed by atoms with Gasteiger partial charge >= 0.3 is 5.97 Å². The van der Waals surface area contributed by atoms with Gasteiger partial charge in [0.15, 0.2) is 23.0 Å². The fraction of sp³-hybridized carbons (Fsp3) is 0.351. The molecule has 0 spiro atoms. The molecule has 0 radical (unpaired) electrons. The van der Waals surface area contributed by atoms with Gasteiger partial charge in [0, 0.05) is 93.9 Å². The number of hydroxylamine groups is 2. The zero-order valence-corrected chi connectivity index (χ0v) is 42.6. The molecule has 5 aliphatic heterocycles. The van der Waals surface area contributed by atoms with E-state index in [1.165, 1.54) is 14.2 Å². The molecule has 19 nitrogen and oxygen atoms in total.